The summed E-state index contributed by atoms with van der Waals surface area (Å²) in [7, 11) is 0. The van der Waals surface area contributed by atoms with Crippen LogP contribution in [0, 0.1) is 21.6 Å². The molecule has 2 rings (SSSR count). The second kappa shape index (κ2) is 10.1. The van der Waals surface area contributed by atoms with Gasteiger partial charge in [0.25, 0.3) is 0 Å². The van der Waals surface area contributed by atoms with Crippen molar-refractivity contribution in [3.05, 3.63) is 71.3 Å². The molecule has 0 bridgehead atoms. The number of ether oxygens (including phenoxy) is 1. The third-order valence-electron chi connectivity index (χ3n) is 4.93. The molecule has 5 heteroatoms. The lowest BCUT2D eigenvalue weighted by molar-refractivity contribution is 0.122. The van der Waals surface area contributed by atoms with Crippen molar-refractivity contribution in [1.29, 1.82) is 16.2 Å². The van der Waals surface area contributed by atoms with Gasteiger partial charge >= 0.3 is 0 Å². The highest BCUT2D eigenvalue weighted by molar-refractivity contribution is 6.51. The fourth-order valence-electron chi connectivity index (χ4n) is 3.46. The highest BCUT2D eigenvalue weighted by atomic mass is 16.5. The Morgan fingerprint density at radius 2 is 1.59 bits per heavy atom. The Morgan fingerprint density at radius 3 is 2.24 bits per heavy atom. The van der Waals surface area contributed by atoms with E-state index in [-0.39, 0.29) is 22.7 Å². The molecule has 1 unspecified atom stereocenters. The van der Waals surface area contributed by atoms with Gasteiger partial charge in [-0.05, 0) is 36.3 Å². The summed E-state index contributed by atoms with van der Waals surface area (Å²) >= 11 is 0. The predicted molar refractivity (Wildman–Crippen MR) is 120 cm³/mol. The quantitative estimate of drug-likeness (QED) is 0.255. The lowest BCUT2D eigenvalue weighted by Gasteiger charge is -2.28. The molecule has 0 saturated carbocycles. The maximum absolute atomic E-state index is 8.41. The summed E-state index contributed by atoms with van der Waals surface area (Å²) in [6.45, 7) is 5.93. The van der Waals surface area contributed by atoms with E-state index in [0.717, 1.165) is 30.4 Å². The Balaban J connectivity index is 1.93. The number of hydrogen-bond donors (Lipinski definition) is 4. The van der Waals surface area contributed by atoms with Gasteiger partial charge in [-0.2, -0.15) is 0 Å². The molecule has 2 aromatic rings. The molecule has 0 aliphatic heterocycles. The summed E-state index contributed by atoms with van der Waals surface area (Å²) in [6, 6.07) is 17.3. The standard InChI is InChI=1S/C24H32N4O/c1-17(25)29-21(26)16-24(2,3)14-8-10-18-9-7-13-20(15-18)23(28)22(27)19-11-5-4-6-12-19/h4-7,9,11-13,15,21,25,27-28H,8,10,14,16,26H2,1-3H3. The largest absolute Gasteiger partial charge is 0.463 e. The first kappa shape index (κ1) is 22.5. The average Bonchev–Trinajstić information content (AvgIpc) is 2.66. The molecule has 0 aromatic heterocycles. The molecule has 5 nitrogen and oxygen atoms in total. The lowest BCUT2D eigenvalue weighted by Crippen LogP contribution is -2.31. The van der Waals surface area contributed by atoms with Crippen LogP contribution in [-0.4, -0.2) is 23.5 Å². The first-order valence-electron chi connectivity index (χ1n) is 9.97. The maximum atomic E-state index is 8.41. The van der Waals surface area contributed by atoms with Crippen LogP contribution in [0.2, 0.25) is 0 Å². The van der Waals surface area contributed by atoms with Gasteiger partial charge < -0.3 is 4.74 Å². The van der Waals surface area contributed by atoms with Gasteiger partial charge in [-0.3, -0.25) is 22.0 Å². The van der Waals surface area contributed by atoms with Crippen LogP contribution < -0.4 is 5.73 Å². The van der Waals surface area contributed by atoms with Gasteiger partial charge in [-0.25, -0.2) is 0 Å². The van der Waals surface area contributed by atoms with Gasteiger partial charge in [0.05, 0.1) is 11.4 Å². The number of nitrogens with two attached hydrogens (primary N) is 1. The molecule has 0 radical (unpaired) electrons. The molecule has 0 amide bonds. The SMILES string of the molecule is CC(=N)OC(N)CC(C)(C)CCCc1cccc(C(=N)C(=N)c2ccccc2)c1. The van der Waals surface area contributed by atoms with Crippen molar-refractivity contribution in [3.63, 3.8) is 0 Å². The summed E-state index contributed by atoms with van der Waals surface area (Å²) in [5.41, 5.74) is 9.15. The molecule has 5 N–H and O–H groups in total. The minimum absolute atomic E-state index is 0.0224. The van der Waals surface area contributed by atoms with E-state index in [9.17, 15) is 0 Å². The Kier molecular flexibility index (Phi) is 7.85. The van der Waals surface area contributed by atoms with E-state index in [1.807, 2.05) is 48.5 Å². The second-order valence-corrected chi connectivity index (χ2v) is 8.25. The van der Waals surface area contributed by atoms with Crippen LogP contribution in [0.5, 0.6) is 0 Å². The summed E-state index contributed by atoms with van der Waals surface area (Å²) in [4.78, 5) is 0. The molecule has 0 saturated heterocycles. The Hall–Kier alpha value is -2.79. The van der Waals surface area contributed by atoms with Crippen LogP contribution in [-0.2, 0) is 11.2 Å². The smallest absolute Gasteiger partial charge is 0.179 e. The van der Waals surface area contributed by atoms with Crippen molar-refractivity contribution < 1.29 is 4.74 Å². The van der Waals surface area contributed by atoms with Crippen LogP contribution in [0.25, 0.3) is 0 Å². The van der Waals surface area contributed by atoms with Gasteiger partial charge in [0.15, 0.2) is 5.90 Å². The molecule has 29 heavy (non-hydrogen) atoms. The zero-order valence-corrected chi connectivity index (χ0v) is 17.6. The maximum Gasteiger partial charge on any atom is 0.179 e. The van der Waals surface area contributed by atoms with E-state index in [2.05, 4.69) is 19.9 Å². The van der Waals surface area contributed by atoms with Crippen molar-refractivity contribution in [2.24, 2.45) is 11.1 Å². The Labute approximate surface area is 173 Å². The Morgan fingerprint density at radius 1 is 0.966 bits per heavy atom. The fourth-order valence-corrected chi connectivity index (χ4v) is 3.46. The fraction of sp³-hybridized carbons (Fsp3) is 0.375. The van der Waals surface area contributed by atoms with Crippen LogP contribution in [0.1, 0.15) is 56.7 Å². The van der Waals surface area contributed by atoms with Crippen LogP contribution >= 0.6 is 0 Å². The van der Waals surface area contributed by atoms with Crippen LogP contribution in [0.4, 0.5) is 0 Å². The monoisotopic (exact) mass is 392 g/mol. The van der Waals surface area contributed by atoms with Crippen LogP contribution in [0.15, 0.2) is 54.6 Å². The highest BCUT2D eigenvalue weighted by Gasteiger charge is 2.22. The van der Waals surface area contributed by atoms with E-state index in [1.54, 1.807) is 6.92 Å². The summed E-state index contributed by atoms with van der Waals surface area (Å²) in [6.07, 6.45) is 3.14. The number of rotatable bonds is 10. The number of aryl methyl sites for hydroxylation is 1. The first-order chi connectivity index (χ1) is 13.7. The third-order valence-corrected chi connectivity index (χ3v) is 4.93. The summed E-state index contributed by atoms with van der Waals surface area (Å²) in [5, 5.41) is 24.1. The molecular formula is C24H32N4O. The normalized spacial score (nSPS) is 12.3. The molecule has 0 aliphatic carbocycles. The molecular weight excluding hydrogens is 360 g/mol. The van der Waals surface area contributed by atoms with E-state index in [1.165, 1.54) is 5.56 Å². The van der Waals surface area contributed by atoms with Gasteiger partial charge in [-0.1, -0.05) is 62.4 Å². The molecule has 0 aliphatic rings. The van der Waals surface area contributed by atoms with E-state index in [0.29, 0.717) is 6.42 Å². The van der Waals surface area contributed by atoms with E-state index in [4.69, 9.17) is 26.7 Å². The molecule has 154 valence electrons. The second-order valence-electron chi connectivity index (χ2n) is 8.25. The summed E-state index contributed by atoms with van der Waals surface area (Å²) < 4.78 is 5.27. The third kappa shape index (κ3) is 7.27. The van der Waals surface area contributed by atoms with Crippen molar-refractivity contribution >= 4 is 17.3 Å². The van der Waals surface area contributed by atoms with Crippen molar-refractivity contribution in [2.45, 2.75) is 52.7 Å². The van der Waals surface area contributed by atoms with Gasteiger partial charge in [0, 0.05) is 24.5 Å². The van der Waals surface area contributed by atoms with E-state index < -0.39 is 6.23 Å². The highest BCUT2D eigenvalue weighted by Crippen LogP contribution is 2.29. The lowest BCUT2D eigenvalue weighted by atomic mass is 9.82. The van der Waals surface area contributed by atoms with Gasteiger partial charge in [-0.15, -0.1) is 0 Å². The minimum atomic E-state index is -0.449. The Bertz CT molecular complexity index is 858. The minimum Gasteiger partial charge on any atom is -0.463 e. The molecule has 2 aromatic carbocycles. The van der Waals surface area contributed by atoms with Gasteiger partial charge in [0.2, 0.25) is 0 Å². The van der Waals surface area contributed by atoms with Crippen molar-refractivity contribution in [2.75, 3.05) is 0 Å². The number of nitrogens with one attached hydrogen (secondary N) is 3. The van der Waals surface area contributed by atoms with Crippen molar-refractivity contribution in [1.82, 2.24) is 0 Å². The van der Waals surface area contributed by atoms with E-state index >= 15 is 0 Å². The zero-order chi connectivity index (χ0) is 21.4. The summed E-state index contributed by atoms with van der Waals surface area (Å²) in [5.74, 6) is 0.147. The number of benzene rings is 2. The zero-order valence-electron chi connectivity index (χ0n) is 17.6. The predicted octanol–water partition coefficient (Wildman–Crippen LogP) is 5.16. The van der Waals surface area contributed by atoms with Crippen LogP contribution in [0.3, 0.4) is 0 Å². The molecule has 0 spiro atoms. The topological polar surface area (TPSA) is 107 Å². The molecule has 0 heterocycles. The average molecular weight is 393 g/mol. The molecule has 1 atom stereocenters. The van der Waals surface area contributed by atoms with Gasteiger partial charge in [0.1, 0.15) is 6.23 Å². The first-order valence-corrected chi connectivity index (χ1v) is 9.97. The van der Waals surface area contributed by atoms with Crippen molar-refractivity contribution in [3.8, 4) is 0 Å². The number of hydrogen-bond acceptors (Lipinski definition) is 5. The molecule has 0 fully saturated rings.